The molecule has 3 rings (SSSR count). The first-order valence-corrected chi connectivity index (χ1v) is 9.23. The summed E-state index contributed by atoms with van der Waals surface area (Å²) in [7, 11) is 2.85. The van der Waals surface area contributed by atoms with E-state index in [1.165, 1.54) is 18.7 Å². The van der Waals surface area contributed by atoms with Gasteiger partial charge < -0.3 is 15.0 Å². The largest absolute Gasteiger partial charge is 0.379 e. The monoisotopic (exact) mass is 392 g/mol. The van der Waals surface area contributed by atoms with Crippen LogP contribution in [0.2, 0.25) is 0 Å². The van der Waals surface area contributed by atoms with Crippen molar-refractivity contribution in [2.45, 2.75) is 19.8 Å². The van der Waals surface area contributed by atoms with Crippen molar-refractivity contribution in [3.63, 3.8) is 0 Å². The minimum absolute atomic E-state index is 0.0458. The molecule has 0 aliphatic carbocycles. The number of nitrogens with one attached hydrogen (secondary N) is 1. The number of pyridine rings is 1. The molecule has 0 unspecified atom stereocenters. The lowest BCUT2D eigenvalue weighted by Gasteiger charge is -2.28. The van der Waals surface area contributed by atoms with Gasteiger partial charge in [0.05, 0.1) is 18.1 Å². The van der Waals surface area contributed by atoms with E-state index >= 15 is 0 Å². The maximum atomic E-state index is 12.8. The van der Waals surface area contributed by atoms with E-state index in [1.54, 1.807) is 4.90 Å². The highest BCUT2D eigenvalue weighted by Gasteiger charge is 2.32. The minimum atomic E-state index is -0.610. The van der Waals surface area contributed by atoms with Gasteiger partial charge in [-0.1, -0.05) is 13.3 Å². The van der Waals surface area contributed by atoms with Gasteiger partial charge in [0.1, 0.15) is 11.1 Å². The fourth-order valence-corrected chi connectivity index (χ4v) is 3.30. The molecule has 0 amide bonds. The lowest BCUT2D eigenvalue weighted by Crippen LogP contribution is -2.40. The fourth-order valence-electron chi connectivity index (χ4n) is 3.30. The van der Waals surface area contributed by atoms with Crippen LogP contribution in [0.5, 0.6) is 0 Å². The second-order valence-corrected chi connectivity index (χ2v) is 6.70. The zero-order chi connectivity index (χ0) is 20.4. The number of hydrogen-bond acceptors (Lipinski definition) is 8. The molecular weight excluding hydrogens is 368 g/mol. The van der Waals surface area contributed by atoms with Gasteiger partial charge in [-0.15, -0.1) is 0 Å². The summed E-state index contributed by atoms with van der Waals surface area (Å²) >= 11 is 0. The van der Waals surface area contributed by atoms with Crippen LogP contribution in [-0.4, -0.2) is 51.9 Å². The number of ether oxygens (including phenoxy) is 1. The normalized spacial score (nSPS) is 14.5. The Morgan fingerprint density at radius 1 is 1.21 bits per heavy atom. The predicted octanol–water partition coefficient (Wildman–Crippen LogP) is 0.589. The molecule has 2 aromatic heterocycles. The second kappa shape index (κ2) is 7.97. The van der Waals surface area contributed by atoms with Crippen LogP contribution >= 0.6 is 0 Å². The van der Waals surface area contributed by atoms with Crippen molar-refractivity contribution >= 4 is 28.2 Å². The number of unbranched alkanes of at least 4 members (excludes halogenated alkanes) is 1. The fraction of sp³-hybridized carbons (Fsp3) is 0.588. The number of morpholine rings is 1. The topological polar surface area (TPSA) is 125 Å². The third kappa shape index (κ3) is 3.33. The summed E-state index contributed by atoms with van der Waals surface area (Å²) in [5.74, 6) is 0.142. The molecule has 0 radical (unpaired) electrons. The van der Waals surface area contributed by atoms with E-state index < -0.39 is 16.2 Å². The lowest BCUT2D eigenvalue weighted by molar-refractivity contribution is -0.383. The van der Waals surface area contributed by atoms with Crippen molar-refractivity contribution < 1.29 is 9.66 Å². The maximum absolute atomic E-state index is 12.8. The van der Waals surface area contributed by atoms with Crippen LogP contribution in [0.4, 0.5) is 17.2 Å². The molecule has 0 saturated carbocycles. The Bertz CT molecular complexity index is 1020. The van der Waals surface area contributed by atoms with Crippen LogP contribution in [0.1, 0.15) is 19.8 Å². The van der Waals surface area contributed by atoms with Gasteiger partial charge in [-0.25, -0.2) is 9.78 Å². The van der Waals surface area contributed by atoms with Crippen LogP contribution in [0, 0.1) is 10.1 Å². The van der Waals surface area contributed by atoms with Gasteiger partial charge in [0, 0.05) is 33.7 Å². The second-order valence-electron chi connectivity index (χ2n) is 6.70. The SMILES string of the molecule is CCCCNc1c([N+](=O)[O-])c(N2CCOCC2)nc2c1c(=O)n(C)c(=O)n2C. The standard InChI is InChI=1S/C17H24N6O5/c1-4-5-6-18-12-11-14(20(2)17(25)21(3)16(11)24)19-15(13(12)23(26)27)22-7-9-28-10-8-22/h4-10H2,1-3H3,(H,18,19). The zero-order valence-electron chi connectivity index (χ0n) is 16.2. The van der Waals surface area contributed by atoms with Gasteiger partial charge in [0.15, 0.2) is 5.65 Å². The van der Waals surface area contributed by atoms with Gasteiger partial charge in [-0.2, -0.15) is 0 Å². The highest BCUT2D eigenvalue weighted by Crippen LogP contribution is 2.38. The van der Waals surface area contributed by atoms with Crippen LogP contribution < -0.4 is 21.5 Å². The average Bonchev–Trinajstić information content (AvgIpc) is 2.70. The van der Waals surface area contributed by atoms with Gasteiger partial charge in [-0.3, -0.25) is 24.0 Å². The Kier molecular flexibility index (Phi) is 5.63. The minimum Gasteiger partial charge on any atom is -0.379 e. The maximum Gasteiger partial charge on any atom is 0.335 e. The molecule has 1 aliphatic heterocycles. The molecule has 11 heteroatoms. The van der Waals surface area contributed by atoms with E-state index in [0.29, 0.717) is 32.8 Å². The highest BCUT2D eigenvalue weighted by molar-refractivity contribution is 5.97. The molecule has 1 saturated heterocycles. The molecule has 28 heavy (non-hydrogen) atoms. The molecule has 0 atom stereocenters. The number of fused-ring (bicyclic) bond motifs is 1. The molecule has 1 N–H and O–H groups in total. The molecule has 2 aromatic rings. The van der Waals surface area contributed by atoms with Crippen molar-refractivity contribution in [1.29, 1.82) is 0 Å². The van der Waals surface area contributed by atoms with Crippen LogP contribution in [0.15, 0.2) is 9.59 Å². The van der Waals surface area contributed by atoms with Crippen molar-refractivity contribution in [1.82, 2.24) is 14.1 Å². The molecule has 1 aliphatic rings. The number of rotatable bonds is 6. The summed E-state index contributed by atoms with van der Waals surface area (Å²) < 4.78 is 7.52. The first-order valence-electron chi connectivity index (χ1n) is 9.23. The molecule has 152 valence electrons. The highest BCUT2D eigenvalue weighted by atomic mass is 16.6. The van der Waals surface area contributed by atoms with E-state index in [4.69, 9.17) is 4.74 Å². The summed E-state index contributed by atoms with van der Waals surface area (Å²) in [6, 6.07) is 0. The average molecular weight is 392 g/mol. The predicted molar refractivity (Wildman–Crippen MR) is 105 cm³/mol. The first kappa shape index (κ1) is 19.8. The van der Waals surface area contributed by atoms with Crippen molar-refractivity contribution in [3.05, 3.63) is 31.0 Å². The molecule has 11 nitrogen and oxygen atoms in total. The van der Waals surface area contributed by atoms with Crippen LogP contribution in [0.3, 0.4) is 0 Å². The number of aromatic nitrogens is 3. The van der Waals surface area contributed by atoms with E-state index in [2.05, 4.69) is 10.3 Å². The number of anilines is 2. The van der Waals surface area contributed by atoms with Crippen LogP contribution in [-0.2, 0) is 18.8 Å². The number of nitro groups is 1. The van der Waals surface area contributed by atoms with Crippen molar-refractivity contribution in [3.8, 4) is 0 Å². The zero-order valence-corrected chi connectivity index (χ0v) is 16.2. The van der Waals surface area contributed by atoms with Crippen molar-refractivity contribution in [2.75, 3.05) is 43.1 Å². The number of nitrogens with zero attached hydrogens (tertiary/aromatic N) is 5. The smallest absolute Gasteiger partial charge is 0.335 e. The molecule has 0 aromatic carbocycles. The van der Waals surface area contributed by atoms with Crippen LogP contribution in [0.25, 0.3) is 11.0 Å². The van der Waals surface area contributed by atoms with E-state index in [-0.39, 0.29) is 28.2 Å². The molecule has 1 fully saturated rings. The molecule has 0 spiro atoms. The summed E-state index contributed by atoms with van der Waals surface area (Å²) in [5.41, 5.74) is -1.16. The Hall–Kier alpha value is -2.95. The Labute approximate surface area is 160 Å². The lowest BCUT2D eigenvalue weighted by atomic mass is 10.2. The first-order chi connectivity index (χ1) is 13.4. The van der Waals surface area contributed by atoms with E-state index in [0.717, 1.165) is 17.4 Å². The van der Waals surface area contributed by atoms with E-state index in [1.807, 2.05) is 6.92 Å². The third-order valence-corrected chi connectivity index (χ3v) is 4.87. The Morgan fingerprint density at radius 2 is 1.89 bits per heavy atom. The Balaban J connectivity index is 2.39. The summed E-state index contributed by atoms with van der Waals surface area (Å²) in [6.45, 7) is 4.18. The number of aryl methyl sites for hydroxylation is 1. The summed E-state index contributed by atoms with van der Waals surface area (Å²) in [6.07, 6.45) is 1.66. The van der Waals surface area contributed by atoms with Gasteiger partial charge in [0.2, 0.25) is 5.82 Å². The van der Waals surface area contributed by atoms with Gasteiger partial charge in [-0.05, 0) is 6.42 Å². The van der Waals surface area contributed by atoms with Gasteiger partial charge >= 0.3 is 11.4 Å². The third-order valence-electron chi connectivity index (χ3n) is 4.87. The number of hydrogen-bond donors (Lipinski definition) is 1. The molecule has 0 bridgehead atoms. The van der Waals surface area contributed by atoms with Crippen molar-refractivity contribution in [2.24, 2.45) is 14.1 Å². The van der Waals surface area contributed by atoms with E-state index in [9.17, 15) is 19.7 Å². The van der Waals surface area contributed by atoms with Gasteiger partial charge in [0.25, 0.3) is 5.56 Å². The summed E-state index contributed by atoms with van der Waals surface area (Å²) in [5, 5.41) is 15.1. The quantitative estimate of drug-likeness (QED) is 0.430. The Morgan fingerprint density at radius 3 is 2.50 bits per heavy atom. The molecule has 3 heterocycles. The molecular formula is C17H24N6O5. The summed E-state index contributed by atoms with van der Waals surface area (Å²) in [4.78, 5) is 42.9.